The molecule has 0 spiro atoms. The highest BCUT2D eigenvalue weighted by atomic mass is 32.2. The van der Waals surface area contributed by atoms with Crippen molar-refractivity contribution < 1.29 is 9.53 Å². The van der Waals surface area contributed by atoms with Gasteiger partial charge in [-0.15, -0.1) is 11.8 Å². The molecule has 1 aromatic heterocycles. The number of nitrogens with zero attached hydrogens (tertiary/aromatic N) is 1. The summed E-state index contributed by atoms with van der Waals surface area (Å²) in [5.74, 6) is 2.32. The Labute approximate surface area is 185 Å². The molecule has 0 bridgehead atoms. The highest BCUT2D eigenvalue weighted by molar-refractivity contribution is 7.99. The Morgan fingerprint density at radius 3 is 2.77 bits per heavy atom. The quantitative estimate of drug-likeness (QED) is 0.413. The van der Waals surface area contributed by atoms with Crippen LogP contribution in [-0.4, -0.2) is 22.3 Å². The predicted molar refractivity (Wildman–Crippen MR) is 121 cm³/mol. The summed E-state index contributed by atoms with van der Waals surface area (Å²) in [4.78, 5) is 16.1. The van der Waals surface area contributed by atoms with Gasteiger partial charge < -0.3 is 4.74 Å². The first-order chi connectivity index (χ1) is 14.4. The van der Waals surface area contributed by atoms with Crippen molar-refractivity contribution >= 4 is 17.7 Å². The molecule has 0 saturated heterocycles. The summed E-state index contributed by atoms with van der Waals surface area (Å²) in [6, 6.07) is 6.30. The molecular formula is C26H35NO2S. The van der Waals surface area contributed by atoms with Crippen molar-refractivity contribution in [3.8, 4) is 0 Å². The van der Waals surface area contributed by atoms with Crippen molar-refractivity contribution in [2.24, 2.45) is 28.6 Å². The van der Waals surface area contributed by atoms with E-state index in [9.17, 15) is 4.79 Å². The number of esters is 1. The molecule has 5 rings (SSSR count). The molecule has 162 valence electrons. The van der Waals surface area contributed by atoms with E-state index in [4.69, 9.17) is 4.74 Å². The number of hydrogen-bond donors (Lipinski definition) is 0. The number of fused-ring (bicyclic) bond motifs is 5. The van der Waals surface area contributed by atoms with Crippen molar-refractivity contribution in [3.05, 3.63) is 36.0 Å². The Morgan fingerprint density at radius 2 is 2.00 bits per heavy atom. The zero-order valence-corrected chi connectivity index (χ0v) is 19.4. The smallest absolute Gasteiger partial charge is 0.302 e. The van der Waals surface area contributed by atoms with Crippen LogP contribution in [-0.2, 0) is 9.53 Å². The lowest BCUT2D eigenvalue weighted by Gasteiger charge is -2.58. The Hall–Kier alpha value is -1.29. The second-order valence-corrected chi connectivity index (χ2v) is 11.9. The molecule has 1 aromatic rings. The van der Waals surface area contributed by atoms with Crippen molar-refractivity contribution in [2.45, 2.75) is 88.5 Å². The van der Waals surface area contributed by atoms with E-state index in [1.807, 2.05) is 24.0 Å². The monoisotopic (exact) mass is 425 g/mol. The maximum atomic E-state index is 11.5. The van der Waals surface area contributed by atoms with E-state index in [2.05, 4.69) is 37.0 Å². The Morgan fingerprint density at radius 1 is 1.13 bits per heavy atom. The van der Waals surface area contributed by atoms with Crippen molar-refractivity contribution in [1.29, 1.82) is 0 Å². The molecule has 1 heterocycles. The molecule has 3 saturated carbocycles. The topological polar surface area (TPSA) is 39.2 Å². The van der Waals surface area contributed by atoms with Gasteiger partial charge in [0.1, 0.15) is 6.10 Å². The number of hydrogen-bond acceptors (Lipinski definition) is 4. The third kappa shape index (κ3) is 3.34. The summed E-state index contributed by atoms with van der Waals surface area (Å²) in [6.07, 6.45) is 14.4. The molecule has 0 N–H and O–H groups in total. The summed E-state index contributed by atoms with van der Waals surface area (Å²) in [6.45, 7) is 6.65. The average molecular weight is 426 g/mol. The number of thioether (sulfide) groups is 1. The lowest BCUT2D eigenvalue weighted by Crippen LogP contribution is -2.51. The number of aromatic nitrogens is 1. The van der Waals surface area contributed by atoms with E-state index in [0.717, 1.165) is 30.6 Å². The normalized spacial score (nSPS) is 42.5. The van der Waals surface area contributed by atoms with E-state index in [1.165, 1.54) is 43.6 Å². The lowest BCUT2D eigenvalue weighted by atomic mass is 9.48. The van der Waals surface area contributed by atoms with Crippen LogP contribution in [0.15, 0.2) is 41.1 Å². The van der Waals surface area contributed by atoms with E-state index < -0.39 is 0 Å². The summed E-state index contributed by atoms with van der Waals surface area (Å²) in [5, 5.41) is 1.88. The molecule has 3 fully saturated rings. The Kier molecular flexibility index (Phi) is 5.28. The van der Waals surface area contributed by atoms with E-state index in [1.54, 1.807) is 12.5 Å². The molecule has 4 heteroatoms. The van der Waals surface area contributed by atoms with Gasteiger partial charge in [0, 0.05) is 24.8 Å². The fourth-order valence-electron chi connectivity index (χ4n) is 7.67. The molecule has 4 aliphatic carbocycles. The number of allylic oxidation sites excluding steroid dienone is 1. The highest BCUT2D eigenvalue weighted by Gasteiger charge is 2.58. The van der Waals surface area contributed by atoms with Crippen LogP contribution in [0.5, 0.6) is 0 Å². The number of pyridine rings is 1. The summed E-state index contributed by atoms with van der Waals surface area (Å²) in [7, 11) is 0. The standard InChI is InChI=1S/C26H35NO2S/c1-17(28)29-19-11-13-25(2)18(16-19)7-8-20-21-9-10-23(26(21,3)14-12-22(20)25)30-24-6-4-5-15-27-24/h4-7,15,19-23H,8-14,16H2,1-3H3/t19-,20-,21-,22-,23+,25-,26-/m0/s1. The first-order valence-corrected chi connectivity index (χ1v) is 12.7. The summed E-state index contributed by atoms with van der Waals surface area (Å²) in [5.41, 5.74) is 2.33. The molecule has 30 heavy (non-hydrogen) atoms. The van der Waals surface area contributed by atoms with Gasteiger partial charge in [-0.1, -0.05) is 31.6 Å². The zero-order valence-electron chi connectivity index (χ0n) is 18.6. The maximum absolute atomic E-state index is 11.5. The second kappa shape index (κ2) is 7.69. The molecule has 0 amide bonds. The van der Waals surface area contributed by atoms with Gasteiger partial charge in [-0.3, -0.25) is 4.79 Å². The van der Waals surface area contributed by atoms with E-state index in [0.29, 0.717) is 16.1 Å². The summed E-state index contributed by atoms with van der Waals surface area (Å²) >= 11 is 2.03. The minimum absolute atomic E-state index is 0.0952. The van der Waals surface area contributed by atoms with Gasteiger partial charge in [0.2, 0.25) is 0 Å². The number of ether oxygens (including phenoxy) is 1. The molecule has 0 unspecified atom stereocenters. The molecule has 0 aliphatic heterocycles. The fourth-order valence-corrected chi connectivity index (χ4v) is 9.06. The molecule has 4 aliphatic rings. The number of rotatable bonds is 3. The Balaban J connectivity index is 1.35. The molecule has 0 radical (unpaired) electrons. The van der Waals surface area contributed by atoms with E-state index in [-0.39, 0.29) is 12.1 Å². The van der Waals surface area contributed by atoms with Gasteiger partial charge in [0.25, 0.3) is 0 Å². The van der Waals surface area contributed by atoms with Crippen molar-refractivity contribution in [2.75, 3.05) is 0 Å². The minimum atomic E-state index is -0.131. The van der Waals surface area contributed by atoms with Crippen LogP contribution in [0.2, 0.25) is 0 Å². The second-order valence-electron chi connectivity index (χ2n) is 10.6. The maximum Gasteiger partial charge on any atom is 0.302 e. The molecule has 0 aromatic carbocycles. The van der Waals surface area contributed by atoms with E-state index >= 15 is 0 Å². The van der Waals surface area contributed by atoms with Crippen LogP contribution in [0, 0.1) is 28.6 Å². The van der Waals surface area contributed by atoms with Crippen LogP contribution in [0.25, 0.3) is 0 Å². The molecule has 7 atom stereocenters. The van der Waals surface area contributed by atoms with Gasteiger partial charge in [-0.2, -0.15) is 0 Å². The van der Waals surface area contributed by atoms with Crippen LogP contribution in [0.4, 0.5) is 0 Å². The van der Waals surface area contributed by atoms with Gasteiger partial charge in [0.05, 0.1) is 5.03 Å². The minimum Gasteiger partial charge on any atom is -0.462 e. The summed E-state index contributed by atoms with van der Waals surface area (Å²) < 4.78 is 5.59. The third-order valence-corrected chi connectivity index (χ3v) is 10.7. The first kappa shape index (κ1) is 20.6. The van der Waals surface area contributed by atoms with Crippen LogP contribution in [0.1, 0.15) is 72.1 Å². The van der Waals surface area contributed by atoms with Crippen molar-refractivity contribution in [3.63, 3.8) is 0 Å². The Bertz CT molecular complexity index is 839. The largest absolute Gasteiger partial charge is 0.462 e. The number of carbonyl (C=O) groups is 1. The number of carbonyl (C=O) groups excluding carboxylic acids is 1. The van der Waals surface area contributed by atoms with Crippen LogP contribution in [0.3, 0.4) is 0 Å². The predicted octanol–water partition coefficient (Wildman–Crippen LogP) is 6.44. The average Bonchev–Trinajstić information content (AvgIpc) is 3.05. The van der Waals surface area contributed by atoms with Gasteiger partial charge in [-0.05, 0) is 85.7 Å². The fraction of sp³-hybridized carbons (Fsp3) is 0.692. The van der Waals surface area contributed by atoms with Gasteiger partial charge in [0.15, 0.2) is 0 Å². The first-order valence-electron chi connectivity index (χ1n) is 11.8. The molecular weight excluding hydrogens is 390 g/mol. The van der Waals surface area contributed by atoms with Crippen LogP contribution < -0.4 is 0 Å². The molecule has 3 nitrogen and oxygen atoms in total. The lowest BCUT2D eigenvalue weighted by molar-refractivity contribution is -0.148. The third-order valence-electron chi connectivity index (χ3n) is 9.21. The van der Waals surface area contributed by atoms with Gasteiger partial charge >= 0.3 is 5.97 Å². The SMILES string of the molecule is CC(=O)O[C@H]1CC[C@@]2(C)C(=CC[C@H]3[C@@H]4CC[C@@H](Sc5ccccn5)[C@@]4(C)CC[C@@H]32)C1. The van der Waals surface area contributed by atoms with Crippen LogP contribution >= 0.6 is 11.8 Å². The van der Waals surface area contributed by atoms with Crippen molar-refractivity contribution in [1.82, 2.24) is 4.98 Å². The van der Waals surface area contributed by atoms with Gasteiger partial charge in [-0.25, -0.2) is 4.98 Å². The highest BCUT2D eigenvalue weighted by Crippen LogP contribution is 2.66. The zero-order chi connectivity index (χ0) is 20.9.